The van der Waals surface area contributed by atoms with Crippen molar-refractivity contribution in [1.82, 2.24) is 20.0 Å². The van der Waals surface area contributed by atoms with E-state index in [-0.39, 0.29) is 0 Å². The predicted molar refractivity (Wildman–Crippen MR) is 60.8 cm³/mol. The molecule has 0 saturated carbocycles. The molecule has 84 valence electrons. The van der Waals surface area contributed by atoms with Gasteiger partial charge in [-0.1, -0.05) is 0 Å². The molecule has 2 heterocycles. The highest BCUT2D eigenvalue weighted by molar-refractivity contribution is 5.00. The first-order valence-corrected chi connectivity index (χ1v) is 5.66. The first-order chi connectivity index (χ1) is 7.29. The van der Waals surface area contributed by atoms with E-state index in [4.69, 9.17) is 0 Å². The van der Waals surface area contributed by atoms with Gasteiger partial charge in [0.1, 0.15) is 0 Å². The van der Waals surface area contributed by atoms with Gasteiger partial charge in [-0.05, 0) is 26.1 Å². The van der Waals surface area contributed by atoms with Crippen LogP contribution in [0.2, 0.25) is 0 Å². The zero-order valence-corrected chi connectivity index (χ0v) is 9.61. The molecule has 1 fully saturated rings. The van der Waals surface area contributed by atoms with Crippen LogP contribution in [0, 0.1) is 0 Å². The SMILES string of the molecule is CNC1CCN(CCc2ccnn2C)C1. The highest BCUT2D eigenvalue weighted by Gasteiger charge is 2.20. The van der Waals surface area contributed by atoms with Crippen molar-refractivity contribution in [2.45, 2.75) is 18.9 Å². The Morgan fingerprint density at radius 1 is 1.60 bits per heavy atom. The standard InChI is InChI=1S/C11H20N4/c1-12-10-4-7-15(9-10)8-5-11-3-6-13-14(11)2/h3,6,10,12H,4-5,7-9H2,1-2H3. The van der Waals surface area contributed by atoms with Crippen molar-refractivity contribution in [3.05, 3.63) is 18.0 Å². The molecule has 1 aliphatic rings. The van der Waals surface area contributed by atoms with Crippen LogP contribution in [0.5, 0.6) is 0 Å². The van der Waals surface area contributed by atoms with Gasteiger partial charge in [0.05, 0.1) is 0 Å². The molecule has 4 nitrogen and oxygen atoms in total. The largest absolute Gasteiger partial charge is 0.316 e. The Hall–Kier alpha value is -0.870. The summed E-state index contributed by atoms with van der Waals surface area (Å²) < 4.78 is 1.96. The Bertz CT molecular complexity index is 307. The van der Waals surface area contributed by atoms with Gasteiger partial charge in [-0.2, -0.15) is 5.10 Å². The van der Waals surface area contributed by atoms with Crippen LogP contribution in [0.15, 0.2) is 12.3 Å². The van der Waals surface area contributed by atoms with Crippen LogP contribution in [-0.2, 0) is 13.5 Å². The molecule has 0 amide bonds. The van der Waals surface area contributed by atoms with Crippen molar-refractivity contribution in [1.29, 1.82) is 0 Å². The molecule has 4 heteroatoms. The van der Waals surface area contributed by atoms with Crippen LogP contribution in [0.1, 0.15) is 12.1 Å². The molecule has 1 aliphatic heterocycles. The van der Waals surface area contributed by atoms with Crippen molar-refractivity contribution < 1.29 is 0 Å². The Labute approximate surface area is 91.3 Å². The van der Waals surface area contributed by atoms with Crippen LogP contribution < -0.4 is 5.32 Å². The molecule has 0 spiro atoms. The monoisotopic (exact) mass is 208 g/mol. The Kier molecular flexibility index (Phi) is 3.38. The number of aryl methyl sites for hydroxylation is 1. The highest BCUT2D eigenvalue weighted by atomic mass is 15.3. The number of aromatic nitrogens is 2. The smallest absolute Gasteiger partial charge is 0.0492 e. The molecule has 2 rings (SSSR count). The quantitative estimate of drug-likeness (QED) is 0.770. The normalized spacial score (nSPS) is 22.4. The maximum Gasteiger partial charge on any atom is 0.0492 e. The first-order valence-electron chi connectivity index (χ1n) is 5.66. The minimum Gasteiger partial charge on any atom is -0.316 e. The van der Waals surface area contributed by atoms with Gasteiger partial charge in [-0.25, -0.2) is 0 Å². The van der Waals surface area contributed by atoms with E-state index in [2.05, 4.69) is 28.4 Å². The number of likely N-dealkylation sites (N-methyl/N-ethyl adjacent to an activating group) is 1. The summed E-state index contributed by atoms with van der Waals surface area (Å²) in [6, 6.07) is 2.79. The summed E-state index contributed by atoms with van der Waals surface area (Å²) in [7, 11) is 4.06. The molecule has 0 aromatic carbocycles. The Morgan fingerprint density at radius 3 is 3.07 bits per heavy atom. The maximum absolute atomic E-state index is 4.18. The van der Waals surface area contributed by atoms with Crippen LogP contribution in [0.25, 0.3) is 0 Å². The van der Waals surface area contributed by atoms with Gasteiger partial charge in [0.25, 0.3) is 0 Å². The van der Waals surface area contributed by atoms with Crippen molar-refractivity contribution in [2.24, 2.45) is 7.05 Å². The fourth-order valence-electron chi connectivity index (χ4n) is 2.19. The topological polar surface area (TPSA) is 33.1 Å². The molecule has 1 N–H and O–H groups in total. The fourth-order valence-corrected chi connectivity index (χ4v) is 2.19. The maximum atomic E-state index is 4.18. The average molecular weight is 208 g/mol. The fraction of sp³-hybridized carbons (Fsp3) is 0.727. The summed E-state index contributed by atoms with van der Waals surface area (Å²) in [4.78, 5) is 2.52. The van der Waals surface area contributed by atoms with Gasteiger partial charge in [0, 0.05) is 44.5 Å². The summed E-state index contributed by atoms with van der Waals surface area (Å²) in [5, 5.41) is 7.52. The van der Waals surface area contributed by atoms with Gasteiger partial charge in [0.2, 0.25) is 0 Å². The van der Waals surface area contributed by atoms with Crippen LogP contribution in [-0.4, -0.2) is 47.4 Å². The van der Waals surface area contributed by atoms with E-state index < -0.39 is 0 Å². The second-order valence-electron chi connectivity index (χ2n) is 4.27. The lowest BCUT2D eigenvalue weighted by atomic mass is 10.3. The third-order valence-corrected chi connectivity index (χ3v) is 3.29. The van der Waals surface area contributed by atoms with Crippen molar-refractivity contribution in [2.75, 3.05) is 26.7 Å². The number of nitrogens with one attached hydrogen (secondary N) is 1. The summed E-state index contributed by atoms with van der Waals surface area (Å²) in [6.45, 7) is 3.56. The second-order valence-corrected chi connectivity index (χ2v) is 4.27. The number of nitrogens with zero attached hydrogens (tertiary/aromatic N) is 3. The molecular formula is C11H20N4. The third kappa shape index (κ3) is 2.58. The first kappa shape index (κ1) is 10.6. The number of likely N-dealkylation sites (tertiary alicyclic amines) is 1. The van der Waals surface area contributed by atoms with E-state index in [1.165, 1.54) is 25.2 Å². The average Bonchev–Trinajstić information content (AvgIpc) is 2.84. The molecule has 1 unspecified atom stereocenters. The highest BCUT2D eigenvalue weighted by Crippen LogP contribution is 2.09. The lowest BCUT2D eigenvalue weighted by Gasteiger charge is -2.15. The zero-order valence-electron chi connectivity index (χ0n) is 9.61. The van der Waals surface area contributed by atoms with E-state index in [0.29, 0.717) is 6.04 Å². The third-order valence-electron chi connectivity index (χ3n) is 3.29. The molecular weight excluding hydrogens is 188 g/mol. The lowest BCUT2D eigenvalue weighted by molar-refractivity contribution is 0.331. The van der Waals surface area contributed by atoms with Crippen molar-refractivity contribution in [3.63, 3.8) is 0 Å². The molecule has 1 aromatic rings. The molecule has 0 bridgehead atoms. The summed E-state index contributed by atoms with van der Waals surface area (Å²) >= 11 is 0. The van der Waals surface area contributed by atoms with E-state index >= 15 is 0 Å². The summed E-state index contributed by atoms with van der Waals surface area (Å²) in [6.07, 6.45) is 4.25. The van der Waals surface area contributed by atoms with Crippen molar-refractivity contribution >= 4 is 0 Å². The van der Waals surface area contributed by atoms with Crippen LogP contribution in [0.3, 0.4) is 0 Å². The van der Waals surface area contributed by atoms with E-state index in [0.717, 1.165) is 13.0 Å². The van der Waals surface area contributed by atoms with E-state index in [9.17, 15) is 0 Å². The van der Waals surface area contributed by atoms with Gasteiger partial charge in [0.15, 0.2) is 0 Å². The van der Waals surface area contributed by atoms with Gasteiger partial charge in [-0.3, -0.25) is 4.68 Å². The van der Waals surface area contributed by atoms with Gasteiger partial charge in [-0.15, -0.1) is 0 Å². The second kappa shape index (κ2) is 4.77. The van der Waals surface area contributed by atoms with E-state index in [1.54, 1.807) is 0 Å². The molecule has 1 aromatic heterocycles. The minimum atomic E-state index is 0.691. The molecule has 0 radical (unpaired) electrons. The minimum absolute atomic E-state index is 0.691. The number of hydrogen-bond acceptors (Lipinski definition) is 3. The predicted octanol–water partition coefficient (Wildman–Crippen LogP) is 0.256. The Morgan fingerprint density at radius 2 is 2.47 bits per heavy atom. The molecule has 15 heavy (non-hydrogen) atoms. The molecule has 1 saturated heterocycles. The number of rotatable bonds is 4. The molecule has 0 aliphatic carbocycles. The van der Waals surface area contributed by atoms with Gasteiger partial charge < -0.3 is 10.2 Å². The molecule has 1 atom stereocenters. The van der Waals surface area contributed by atoms with Crippen LogP contribution >= 0.6 is 0 Å². The Balaban J connectivity index is 1.77. The lowest BCUT2D eigenvalue weighted by Crippen LogP contribution is -2.30. The summed E-state index contributed by atoms with van der Waals surface area (Å²) in [5.41, 5.74) is 1.32. The van der Waals surface area contributed by atoms with Gasteiger partial charge >= 0.3 is 0 Å². The summed E-state index contributed by atoms with van der Waals surface area (Å²) in [5.74, 6) is 0. The number of hydrogen-bond donors (Lipinski definition) is 1. The van der Waals surface area contributed by atoms with Crippen molar-refractivity contribution in [3.8, 4) is 0 Å². The zero-order chi connectivity index (χ0) is 10.7. The van der Waals surface area contributed by atoms with E-state index in [1.807, 2.05) is 17.9 Å². The van der Waals surface area contributed by atoms with Crippen LogP contribution in [0.4, 0.5) is 0 Å².